The number of carbonyl (C=O) groups is 2. The molecule has 0 aliphatic heterocycles. The first kappa shape index (κ1) is 27.9. The number of hydrogen-bond donors (Lipinski definition) is 2. The van der Waals surface area contributed by atoms with Crippen molar-refractivity contribution in [1.82, 2.24) is 4.90 Å². The predicted octanol–water partition coefficient (Wildman–Crippen LogP) is 5.12. The van der Waals surface area contributed by atoms with Crippen LogP contribution in [0.15, 0.2) is 48.5 Å². The first-order chi connectivity index (χ1) is 17.9. The summed E-state index contributed by atoms with van der Waals surface area (Å²) in [6.07, 6.45) is 5.10. The molecule has 10 heteroatoms. The van der Waals surface area contributed by atoms with E-state index in [0.717, 1.165) is 31.2 Å². The molecule has 0 heterocycles. The SMILES string of the molecule is CCOC(Cc1ccc(OCCN(CC2CCCCC2)C(=O)Nc2ccc([N+](=O)[O-])cc2)cc1)C(=O)O. The minimum atomic E-state index is -0.993. The highest BCUT2D eigenvalue weighted by atomic mass is 16.6. The monoisotopic (exact) mass is 513 g/mol. The number of amides is 2. The molecular formula is C27H35N3O7. The number of aliphatic carboxylic acids is 1. The molecule has 200 valence electrons. The van der Waals surface area contributed by atoms with Gasteiger partial charge in [-0.3, -0.25) is 10.1 Å². The first-order valence-electron chi connectivity index (χ1n) is 12.7. The number of nitro groups is 1. The standard InChI is InChI=1S/C27H35N3O7/c1-2-36-25(26(31)32)18-20-8-14-24(15-9-20)37-17-16-29(19-21-6-4-3-5-7-21)27(33)28-22-10-12-23(13-11-22)30(34)35/h8-15,21,25H,2-7,16-19H2,1H3,(H,28,33)(H,31,32). The Morgan fingerprint density at radius 2 is 1.78 bits per heavy atom. The maximum atomic E-state index is 13.1. The molecule has 0 radical (unpaired) electrons. The molecule has 2 N–H and O–H groups in total. The molecule has 0 aromatic heterocycles. The summed E-state index contributed by atoms with van der Waals surface area (Å²) >= 11 is 0. The molecule has 1 saturated carbocycles. The van der Waals surface area contributed by atoms with Crippen molar-refractivity contribution in [2.75, 3.05) is 31.6 Å². The summed E-state index contributed by atoms with van der Waals surface area (Å²) in [6, 6.07) is 12.7. The Balaban J connectivity index is 1.57. The van der Waals surface area contributed by atoms with Gasteiger partial charge >= 0.3 is 12.0 Å². The molecule has 3 rings (SSSR count). The van der Waals surface area contributed by atoms with Crippen molar-refractivity contribution in [2.24, 2.45) is 5.92 Å². The fraction of sp³-hybridized carbons (Fsp3) is 0.481. The van der Waals surface area contributed by atoms with Gasteiger partial charge in [-0.2, -0.15) is 0 Å². The van der Waals surface area contributed by atoms with Crippen LogP contribution in [0.4, 0.5) is 16.2 Å². The molecule has 2 aromatic rings. The highest BCUT2D eigenvalue weighted by Gasteiger charge is 2.22. The van der Waals surface area contributed by atoms with Crippen molar-refractivity contribution in [3.63, 3.8) is 0 Å². The lowest BCUT2D eigenvalue weighted by molar-refractivity contribution is -0.384. The summed E-state index contributed by atoms with van der Waals surface area (Å²) in [6.45, 7) is 3.37. The Bertz CT molecular complexity index is 1020. The van der Waals surface area contributed by atoms with Gasteiger partial charge in [-0.05, 0) is 55.5 Å². The van der Waals surface area contributed by atoms with Gasteiger partial charge < -0.3 is 24.8 Å². The van der Waals surface area contributed by atoms with E-state index in [0.29, 0.717) is 37.1 Å². The number of nitrogens with one attached hydrogen (secondary N) is 1. The predicted molar refractivity (Wildman–Crippen MR) is 139 cm³/mol. The van der Waals surface area contributed by atoms with Crippen molar-refractivity contribution < 1.29 is 29.1 Å². The topological polar surface area (TPSA) is 131 Å². The zero-order valence-corrected chi connectivity index (χ0v) is 21.1. The van der Waals surface area contributed by atoms with Gasteiger partial charge in [-0.1, -0.05) is 31.4 Å². The molecule has 0 spiro atoms. The Morgan fingerprint density at radius 3 is 2.38 bits per heavy atom. The van der Waals surface area contributed by atoms with E-state index in [-0.39, 0.29) is 24.7 Å². The van der Waals surface area contributed by atoms with Crippen LogP contribution in [0.3, 0.4) is 0 Å². The second-order valence-electron chi connectivity index (χ2n) is 9.16. The summed E-state index contributed by atoms with van der Waals surface area (Å²) in [5.74, 6) is 0.0656. The van der Waals surface area contributed by atoms with E-state index in [9.17, 15) is 24.8 Å². The van der Waals surface area contributed by atoms with Crippen LogP contribution in [-0.2, 0) is 16.0 Å². The second kappa shape index (κ2) is 14.2. The number of rotatable bonds is 13. The number of nitro benzene ring substituents is 1. The molecule has 2 amide bonds. The zero-order valence-electron chi connectivity index (χ0n) is 21.1. The van der Waals surface area contributed by atoms with Crippen LogP contribution in [0.25, 0.3) is 0 Å². The van der Waals surface area contributed by atoms with Crippen LogP contribution in [0, 0.1) is 16.0 Å². The molecule has 0 bridgehead atoms. The van der Waals surface area contributed by atoms with Gasteiger partial charge in [0.1, 0.15) is 12.4 Å². The molecule has 1 aliphatic carbocycles. The van der Waals surface area contributed by atoms with Crippen LogP contribution in [-0.4, -0.2) is 59.3 Å². The fourth-order valence-corrected chi connectivity index (χ4v) is 4.45. The van der Waals surface area contributed by atoms with Crippen LogP contribution >= 0.6 is 0 Å². The van der Waals surface area contributed by atoms with E-state index in [4.69, 9.17) is 9.47 Å². The summed E-state index contributed by atoms with van der Waals surface area (Å²) in [5, 5.41) is 23.0. The number of nitrogens with zero attached hydrogens (tertiary/aromatic N) is 2. The van der Waals surface area contributed by atoms with Gasteiger partial charge in [0.05, 0.1) is 11.5 Å². The molecule has 10 nitrogen and oxygen atoms in total. The third-order valence-electron chi connectivity index (χ3n) is 6.44. The number of urea groups is 1. The summed E-state index contributed by atoms with van der Waals surface area (Å²) in [5.41, 5.74) is 1.29. The molecule has 1 fully saturated rings. The normalized spacial score (nSPS) is 14.5. The summed E-state index contributed by atoms with van der Waals surface area (Å²) < 4.78 is 11.1. The Hall–Kier alpha value is -3.66. The number of ether oxygens (including phenoxy) is 2. The molecule has 2 aromatic carbocycles. The number of carboxylic acid groups (broad SMARTS) is 1. The van der Waals surface area contributed by atoms with Crippen molar-refractivity contribution in [1.29, 1.82) is 0 Å². The maximum Gasteiger partial charge on any atom is 0.333 e. The fourth-order valence-electron chi connectivity index (χ4n) is 4.45. The number of non-ortho nitro benzene ring substituents is 1. The van der Waals surface area contributed by atoms with E-state index in [2.05, 4.69) is 5.32 Å². The third-order valence-corrected chi connectivity index (χ3v) is 6.44. The van der Waals surface area contributed by atoms with Crippen molar-refractivity contribution in [2.45, 2.75) is 51.6 Å². The van der Waals surface area contributed by atoms with Crippen LogP contribution in [0.5, 0.6) is 5.75 Å². The summed E-state index contributed by atoms with van der Waals surface area (Å²) in [7, 11) is 0. The van der Waals surface area contributed by atoms with Gasteiger partial charge in [0, 0.05) is 37.4 Å². The van der Waals surface area contributed by atoms with Gasteiger partial charge in [0.15, 0.2) is 6.10 Å². The van der Waals surface area contributed by atoms with E-state index in [1.807, 2.05) is 12.1 Å². The van der Waals surface area contributed by atoms with Crippen molar-refractivity contribution in [3.05, 3.63) is 64.2 Å². The minimum absolute atomic E-state index is 0.0344. The lowest BCUT2D eigenvalue weighted by Gasteiger charge is -2.30. The van der Waals surface area contributed by atoms with Crippen molar-refractivity contribution >= 4 is 23.4 Å². The van der Waals surface area contributed by atoms with Gasteiger partial charge in [-0.25, -0.2) is 9.59 Å². The number of carbonyl (C=O) groups excluding carboxylic acids is 1. The smallest absolute Gasteiger partial charge is 0.333 e. The minimum Gasteiger partial charge on any atom is -0.492 e. The van der Waals surface area contributed by atoms with Gasteiger partial charge in [-0.15, -0.1) is 0 Å². The van der Waals surface area contributed by atoms with Gasteiger partial charge in [0.25, 0.3) is 5.69 Å². The Morgan fingerprint density at radius 1 is 1.11 bits per heavy atom. The lowest BCUT2D eigenvalue weighted by Crippen LogP contribution is -2.41. The molecular weight excluding hydrogens is 478 g/mol. The lowest BCUT2D eigenvalue weighted by atomic mass is 9.89. The van der Waals surface area contributed by atoms with Crippen LogP contribution in [0.2, 0.25) is 0 Å². The molecule has 0 saturated heterocycles. The molecule has 1 unspecified atom stereocenters. The summed E-state index contributed by atoms with van der Waals surface area (Å²) in [4.78, 5) is 36.5. The number of anilines is 1. The maximum absolute atomic E-state index is 13.1. The largest absolute Gasteiger partial charge is 0.492 e. The van der Waals surface area contributed by atoms with Gasteiger partial charge in [0.2, 0.25) is 0 Å². The number of benzene rings is 2. The number of carboxylic acids is 1. The molecule has 1 aliphatic rings. The molecule has 37 heavy (non-hydrogen) atoms. The van der Waals surface area contributed by atoms with Crippen LogP contribution in [0.1, 0.15) is 44.6 Å². The van der Waals surface area contributed by atoms with E-state index >= 15 is 0 Å². The Labute approximate surface area is 216 Å². The highest BCUT2D eigenvalue weighted by Crippen LogP contribution is 2.25. The Kier molecular flexibility index (Phi) is 10.7. The average molecular weight is 514 g/mol. The van der Waals surface area contributed by atoms with E-state index in [1.165, 1.54) is 30.7 Å². The van der Waals surface area contributed by atoms with Crippen molar-refractivity contribution in [3.8, 4) is 5.75 Å². The van der Waals surface area contributed by atoms with Crippen LogP contribution < -0.4 is 10.1 Å². The van der Waals surface area contributed by atoms with E-state index in [1.54, 1.807) is 24.0 Å². The number of hydrogen-bond acceptors (Lipinski definition) is 6. The van der Waals surface area contributed by atoms with E-state index < -0.39 is 17.0 Å². The third kappa shape index (κ3) is 9.05. The highest BCUT2D eigenvalue weighted by molar-refractivity contribution is 5.89. The quantitative estimate of drug-likeness (QED) is 0.281. The average Bonchev–Trinajstić information content (AvgIpc) is 2.89. The first-order valence-corrected chi connectivity index (χ1v) is 12.7. The molecule has 1 atom stereocenters. The second-order valence-corrected chi connectivity index (χ2v) is 9.16. The zero-order chi connectivity index (χ0) is 26.6.